The number of amides is 1. The molecule has 7 heteroatoms. The molecule has 0 unspecified atom stereocenters. The number of fused-ring (bicyclic) bond motifs is 3. The van der Waals surface area contributed by atoms with Gasteiger partial charge in [-0.3, -0.25) is 4.79 Å². The predicted molar refractivity (Wildman–Crippen MR) is 136 cm³/mol. The molecule has 1 amide bonds. The summed E-state index contributed by atoms with van der Waals surface area (Å²) in [7, 11) is 0. The van der Waals surface area contributed by atoms with Gasteiger partial charge in [0.1, 0.15) is 5.75 Å². The molecule has 0 spiro atoms. The third kappa shape index (κ3) is 5.14. The van der Waals surface area contributed by atoms with Gasteiger partial charge in [0.15, 0.2) is 5.76 Å². The lowest BCUT2D eigenvalue weighted by Crippen LogP contribution is -2.30. The number of rotatable bonds is 9. The molecule has 1 aliphatic carbocycles. The zero-order chi connectivity index (χ0) is 24.9. The van der Waals surface area contributed by atoms with Crippen LogP contribution in [0, 0.1) is 0 Å². The molecule has 5 rings (SSSR count). The number of aliphatic hydroxyl groups is 1. The number of aliphatic hydroxyl groups excluding tert-OH is 1. The Morgan fingerprint density at radius 1 is 0.972 bits per heavy atom. The van der Waals surface area contributed by atoms with E-state index in [0.717, 1.165) is 12.0 Å². The first-order valence-corrected chi connectivity index (χ1v) is 12.1. The van der Waals surface area contributed by atoms with Crippen molar-refractivity contribution in [2.45, 2.75) is 25.0 Å². The second-order valence-electron chi connectivity index (χ2n) is 8.81. The first kappa shape index (κ1) is 24.1. The van der Waals surface area contributed by atoms with Crippen molar-refractivity contribution in [3.63, 3.8) is 0 Å². The largest absolute Gasteiger partial charge is 0.506 e. The Kier molecular flexibility index (Phi) is 7.32. The standard InChI is InChI=1S/C29H29NO6/c31-12-13-34-14-15-35-28-18-20(17-27(36-28)29(33)30-25-10-3-4-11-26(25)32)22-8-5-9-23-21-7-2-1-6-19(21)16-24(22)23/h1-11,17,20,28,31-32H,12-16,18H2,(H,30,33)/t20-,28+/m0/s1. The number of phenolic OH excluding ortho intramolecular Hbond substituents is 1. The fraction of sp³-hybridized carbons (Fsp3) is 0.276. The Bertz CT molecular complexity index is 1270. The summed E-state index contributed by atoms with van der Waals surface area (Å²) in [6.07, 6.45) is 2.57. The Labute approximate surface area is 209 Å². The van der Waals surface area contributed by atoms with Gasteiger partial charge < -0.3 is 29.7 Å². The molecular weight excluding hydrogens is 458 g/mol. The van der Waals surface area contributed by atoms with Crippen LogP contribution in [0.4, 0.5) is 5.69 Å². The summed E-state index contributed by atoms with van der Waals surface area (Å²) in [6, 6.07) is 21.3. The van der Waals surface area contributed by atoms with Gasteiger partial charge in [-0.25, -0.2) is 0 Å². The zero-order valence-electron chi connectivity index (χ0n) is 19.9. The molecule has 3 aromatic carbocycles. The number of benzene rings is 3. The zero-order valence-corrected chi connectivity index (χ0v) is 19.9. The van der Waals surface area contributed by atoms with Gasteiger partial charge in [-0.15, -0.1) is 0 Å². The number of aromatic hydroxyl groups is 1. The van der Waals surface area contributed by atoms with Gasteiger partial charge in [0.2, 0.25) is 6.29 Å². The van der Waals surface area contributed by atoms with Crippen LogP contribution in [-0.4, -0.2) is 48.8 Å². The number of hydrogen-bond donors (Lipinski definition) is 3. The van der Waals surface area contributed by atoms with Crippen LogP contribution < -0.4 is 5.32 Å². The van der Waals surface area contributed by atoms with Crippen molar-refractivity contribution in [3.8, 4) is 16.9 Å². The van der Waals surface area contributed by atoms with Crippen LogP contribution in [-0.2, 0) is 25.4 Å². The van der Waals surface area contributed by atoms with E-state index in [2.05, 4.69) is 47.8 Å². The summed E-state index contributed by atoms with van der Waals surface area (Å²) in [6.45, 7) is 0.763. The minimum atomic E-state index is -0.650. The van der Waals surface area contributed by atoms with E-state index in [-0.39, 0.29) is 37.2 Å². The molecule has 1 aliphatic heterocycles. The average molecular weight is 488 g/mol. The highest BCUT2D eigenvalue weighted by Crippen LogP contribution is 2.43. The minimum absolute atomic E-state index is 0.0220. The topological polar surface area (TPSA) is 97.3 Å². The molecule has 0 saturated carbocycles. The lowest BCUT2D eigenvalue weighted by atomic mass is 9.87. The third-order valence-corrected chi connectivity index (χ3v) is 6.49. The second kappa shape index (κ2) is 11.0. The molecule has 2 aliphatic rings. The minimum Gasteiger partial charge on any atom is -0.506 e. The highest BCUT2D eigenvalue weighted by molar-refractivity contribution is 6.03. The van der Waals surface area contributed by atoms with Crippen molar-refractivity contribution in [2.75, 3.05) is 31.7 Å². The lowest BCUT2D eigenvalue weighted by molar-refractivity contribution is -0.148. The van der Waals surface area contributed by atoms with Gasteiger partial charge in [-0.2, -0.15) is 0 Å². The highest BCUT2D eigenvalue weighted by Gasteiger charge is 2.32. The molecule has 7 nitrogen and oxygen atoms in total. The Hall–Kier alpha value is -3.65. The molecule has 0 aromatic heterocycles. The molecule has 1 heterocycles. The van der Waals surface area contributed by atoms with E-state index < -0.39 is 12.2 Å². The first-order chi connectivity index (χ1) is 17.6. The maximum Gasteiger partial charge on any atom is 0.290 e. The van der Waals surface area contributed by atoms with Gasteiger partial charge >= 0.3 is 0 Å². The number of ether oxygens (including phenoxy) is 3. The van der Waals surface area contributed by atoms with Gasteiger partial charge in [0, 0.05) is 12.3 Å². The van der Waals surface area contributed by atoms with E-state index >= 15 is 0 Å². The second-order valence-corrected chi connectivity index (χ2v) is 8.81. The lowest BCUT2D eigenvalue weighted by Gasteiger charge is -2.30. The van der Waals surface area contributed by atoms with E-state index in [1.807, 2.05) is 6.08 Å². The van der Waals surface area contributed by atoms with Crippen LogP contribution in [0.15, 0.2) is 78.6 Å². The summed E-state index contributed by atoms with van der Waals surface area (Å²) < 4.78 is 17.2. The van der Waals surface area contributed by atoms with Crippen molar-refractivity contribution in [1.29, 1.82) is 0 Å². The summed E-state index contributed by atoms with van der Waals surface area (Å²) in [5, 5.41) is 21.7. The van der Waals surface area contributed by atoms with E-state index in [1.165, 1.54) is 28.3 Å². The molecule has 3 aromatic rings. The molecular formula is C29H29NO6. The molecule has 0 fully saturated rings. The Morgan fingerprint density at radius 2 is 1.78 bits per heavy atom. The van der Waals surface area contributed by atoms with Crippen molar-refractivity contribution in [1.82, 2.24) is 0 Å². The van der Waals surface area contributed by atoms with E-state index in [4.69, 9.17) is 19.3 Å². The highest BCUT2D eigenvalue weighted by atomic mass is 16.7. The smallest absolute Gasteiger partial charge is 0.290 e. The maximum absolute atomic E-state index is 13.1. The van der Waals surface area contributed by atoms with Crippen LogP contribution in [0.25, 0.3) is 11.1 Å². The number of carbonyl (C=O) groups excluding carboxylic acids is 1. The SMILES string of the molecule is O=C(Nc1ccccc1O)C1=C[C@H](c2cccc3c2Cc2ccccc2-3)C[C@H](OCCOCCO)O1. The predicted octanol–water partition coefficient (Wildman–Crippen LogP) is 4.34. The van der Waals surface area contributed by atoms with Crippen LogP contribution in [0.3, 0.4) is 0 Å². The Morgan fingerprint density at radius 3 is 2.64 bits per heavy atom. The van der Waals surface area contributed by atoms with E-state index in [1.54, 1.807) is 18.2 Å². The van der Waals surface area contributed by atoms with Crippen LogP contribution >= 0.6 is 0 Å². The molecule has 36 heavy (non-hydrogen) atoms. The number of anilines is 1. The van der Waals surface area contributed by atoms with Gasteiger partial charge in [-0.05, 0) is 52.4 Å². The molecule has 0 bridgehead atoms. The van der Waals surface area contributed by atoms with Crippen molar-refractivity contribution in [3.05, 3.63) is 95.3 Å². The van der Waals surface area contributed by atoms with Crippen LogP contribution in [0.5, 0.6) is 5.75 Å². The summed E-state index contributed by atoms with van der Waals surface area (Å²) >= 11 is 0. The third-order valence-electron chi connectivity index (χ3n) is 6.49. The molecule has 0 saturated heterocycles. The number of phenols is 1. The normalized spacial score (nSPS) is 18.1. The number of nitrogens with one attached hydrogen (secondary N) is 1. The quantitative estimate of drug-likeness (QED) is 0.240. The first-order valence-electron chi connectivity index (χ1n) is 12.1. The molecule has 186 valence electrons. The van der Waals surface area contributed by atoms with Crippen LogP contribution in [0.2, 0.25) is 0 Å². The van der Waals surface area contributed by atoms with Gasteiger partial charge in [-0.1, -0.05) is 54.6 Å². The molecule has 0 radical (unpaired) electrons. The summed E-state index contributed by atoms with van der Waals surface area (Å²) in [5.41, 5.74) is 6.47. The van der Waals surface area contributed by atoms with Crippen LogP contribution in [0.1, 0.15) is 29.0 Å². The van der Waals surface area contributed by atoms with Crippen molar-refractivity contribution < 1.29 is 29.2 Å². The average Bonchev–Trinajstić information content (AvgIpc) is 3.28. The van der Waals surface area contributed by atoms with E-state index in [0.29, 0.717) is 18.7 Å². The van der Waals surface area contributed by atoms with Gasteiger partial charge in [0.25, 0.3) is 5.91 Å². The van der Waals surface area contributed by atoms with Crippen molar-refractivity contribution in [2.24, 2.45) is 0 Å². The fourth-order valence-electron chi connectivity index (χ4n) is 4.83. The molecule has 2 atom stereocenters. The monoisotopic (exact) mass is 487 g/mol. The number of hydrogen-bond acceptors (Lipinski definition) is 6. The maximum atomic E-state index is 13.1. The number of para-hydroxylation sites is 2. The summed E-state index contributed by atoms with van der Waals surface area (Å²) in [5.74, 6) is -0.436. The van der Waals surface area contributed by atoms with Gasteiger partial charge in [0.05, 0.1) is 32.1 Å². The van der Waals surface area contributed by atoms with Crippen molar-refractivity contribution >= 4 is 11.6 Å². The number of allylic oxidation sites excluding steroid dienone is 1. The molecule has 3 N–H and O–H groups in total. The fourth-order valence-corrected chi connectivity index (χ4v) is 4.83. The Balaban J connectivity index is 1.41. The summed E-state index contributed by atoms with van der Waals surface area (Å²) in [4.78, 5) is 13.1. The number of carbonyl (C=O) groups is 1. The van der Waals surface area contributed by atoms with E-state index in [9.17, 15) is 9.90 Å².